The molecule has 1 heterocycles. The van der Waals surface area contributed by atoms with Gasteiger partial charge in [-0.25, -0.2) is 8.42 Å². The standard InChI is InChI=1S/C10H21NO3S/c1-2-9(11)10(3-6-12)4-7-15(13,14)8-5-10/h9,12H,2-8,11H2,1H3. The van der Waals surface area contributed by atoms with Crippen LogP contribution in [0.3, 0.4) is 0 Å². The maximum Gasteiger partial charge on any atom is 0.150 e. The van der Waals surface area contributed by atoms with Crippen LogP contribution in [0.2, 0.25) is 0 Å². The van der Waals surface area contributed by atoms with E-state index < -0.39 is 9.84 Å². The highest BCUT2D eigenvalue weighted by Gasteiger charge is 2.40. The summed E-state index contributed by atoms with van der Waals surface area (Å²) in [5.41, 5.74) is 5.89. The van der Waals surface area contributed by atoms with E-state index in [0.29, 0.717) is 19.3 Å². The van der Waals surface area contributed by atoms with E-state index in [1.54, 1.807) is 0 Å². The molecule has 15 heavy (non-hydrogen) atoms. The zero-order valence-electron chi connectivity index (χ0n) is 9.28. The molecular formula is C10H21NO3S. The van der Waals surface area contributed by atoms with Gasteiger partial charge in [0.2, 0.25) is 0 Å². The summed E-state index contributed by atoms with van der Waals surface area (Å²) < 4.78 is 22.7. The molecular weight excluding hydrogens is 214 g/mol. The van der Waals surface area contributed by atoms with Crippen LogP contribution >= 0.6 is 0 Å². The number of aliphatic hydroxyl groups is 1. The molecule has 1 fully saturated rings. The highest BCUT2D eigenvalue weighted by molar-refractivity contribution is 7.91. The SMILES string of the molecule is CCC(N)C1(CCO)CCS(=O)(=O)CC1. The van der Waals surface area contributed by atoms with Gasteiger partial charge in [-0.15, -0.1) is 0 Å². The minimum atomic E-state index is -2.85. The Balaban J connectivity index is 2.77. The number of sulfone groups is 1. The van der Waals surface area contributed by atoms with E-state index >= 15 is 0 Å². The van der Waals surface area contributed by atoms with E-state index in [9.17, 15) is 8.42 Å². The van der Waals surface area contributed by atoms with E-state index in [-0.39, 0.29) is 29.6 Å². The smallest absolute Gasteiger partial charge is 0.150 e. The molecule has 0 aromatic carbocycles. The lowest BCUT2D eigenvalue weighted by molar-refractivity contribution is 0.130. The summed E-state index contributed by atoms with van der Waals surface area (Å²) in [6, 6.07) is 0.000139. The monoisotopic (exact) mass is 235 g/mol. The molecule has 0 aliphatic carbocycles. The van der Waals surface area contributed by atoms with Crippen LogP contribution in [0, 0.1) is 5.41 Å². The first-order valence-electron chi connectivity index (χ1n) is 5.52. The Kier molecular flexibility index (Phi) is 4.14. The lowest BCUT2D eigenvalue weighted by Gasteiger charge is -2.41. The molecule has 0 bridgehead atoms. The number of rotatable bonds is 4. The van der Waals surface area contributed by atoms with Gasteiger partial charge in [0.15, 0.2) is 0 Å². The van der Waals surface area contributed by atoms with Gasteiger partial charge in [0, 0.05) is 12.6 Å². The van der Waals surface area contributed by atoms with Crippen LogP contribution in [-0.2, 0) is 9.84 Å². The second-order valence-corrected chi connectivity index (χ2v) is 6.81. The van der Waals surface area contributed by atoms with Crippen molar-refractivity contribution in [1.82, 2.24) is 0 Å². The Morgan fingerprint density at radius 2 is 1.93 bits per heavy atom. The maximum absolute atomic E-state index is 11.4. The lowest BCUT2D eigenvalue weighted by Crippen LogP contribution is -2.47. The molecule has 3 N–H and O–H groups in total. The Morgan fingerprint density at radius 1 is 1.40 bits per heavy atom. The van der Waals surface area contributed by atoms with E-state index in [0.717, 1.165) is 6.42 Å². The van der Waals surface area contributed by atoms with Gasteiger partial charge in [0.05, 0.1) is 11.5 Å². The fraction of sp³-hybridized carbons (Fsp3) is 1.00. The molecule has 4 nitrogen and oxygen atoms in total. The van der Waals surface area contributed by atoms with Gasteiger partial charge in [0.25, 0.3) is 0 Å². The zero-order valence-corrected chi connectivity index (χ0v) is 10.1. The Morgan fingerprint density at radius 3 is 2.33 bits per heavy atom. The fourth-order valence-corrected chi connectivity index (χ4v) is 4.05. The number of hydrogen-bond acceptors (Lipinski definition) is 4. The molecule has 0 saturated carbocycles. The summed E-state index contributed by atoms with van der Waals surface area (Å²) in [4.78, 5) is 0. The molecule has 1 atom stereocenters. The maximum atomic E-state index is 11.4. The average molecular weight is 235 g/mol. The largest absolute Gasteiger partial charge is 0.396 e. The summed E-state index contributed by atoms with van der Waals surface area (Å²) in [6.07, 6.45) is 2.66. The van der Waals surface area contributed by atoms with Gasteiger partial charge in [0.1, 0.15) is 9.84 Å². The Bertz CT molecular complexity index is 286. The van der Waals surface area contributed by atoms with Gasteiger partial charge in [-0.05, 0) is 31.1 Å². The summed E-state index contributed by atoms with van der Waals surface area (Å²) in [5.74, 6) is 0.446. The Hall–Kier alpha value is -0.130. The second-order valence-electron chi connectivity index (χ2n) is 4.50. The predicted octanol–water partition coefficient (Wildman–Crippen LogP) is 0.301. The second kappa shape index (κ2) is 4.80. The molecule has 0 amide bonds. The first-order valence-corrected chi connectivity index (χ1v) is 7.35. The van der Waals surface area contributed by atoms with Crippen LogP contribution < -0.4 is 5.73 Å². The Labute approximate surface area is 91.8 Å². The molecule has 1 aliphatic heterocycles. The van der Waals surface area contributed by atoms with Crippen molar-refractivity contribution in [2.24, 2.45) is 11.1 Å². The van der Waals surface area contributed by atoms with Gasteiger partial charge in [-0.3, -0.25) is 0 Å². The molecule has 1 aliphatic rings. The topological polar surface area (TPSA) is 80.4 Å². The van der Waals surface area contributed by atoms with E-state index in [2.05, 4.69) is 0 Å². The van der Waals surface area contributed by atoms with E-state index in [1.165, 1.54) is 0 Å². The first kappa shape index (κ1) is 12.9. The van der Waals surface area contributed by atoms with Crippen molar-refractivity contribution in [1.29, 1.82) is 0 Å². The van der Waals surface area contributed by atoms with Gasteiger partial charge in [-0.1, -0.05) is 6.92 Å². The first-order chi connectivity index (χ1) is 6.96. The normalized spacial score (nSPS) is 26.1. The van der Waals surface area contributed by atoms with Crippen LogP contribution in [0.4, 0.5) is 0 Å². The van der Waals surface area contributed by atoms with Crippen LogP contribution in [0.15, 0.2) is 0 Å². The molecule has 1 unspecified atom stereocenters. The van der Waals surface area contributed by atoms with Crippen LogP contribution in [0.25, 0.3) is 0 Å². The van der Waals surface area contributed by atoms with Gasteiger partial charge in [-0.2, -0.15) is 0 Å². The molecule has 1 rings (SSSR count). The van der Waals surface area contributed by atoms with Crippen molar-refractivity contribution in [3.63, 3.8) is 0 Å². The highest BCUT2D eigenvalue weighted by atomic mass is 32.2. The summed E-state index contributed by atoms with van der Waals surface area (Å²) in [5, 5.41) is 9.05. The van der Waals surface area contributed by atoms with Crippen molar-refractivity contribution in [2.75, 3.05) is 18.1 Å². The van der Waals surface area contributed by atoms with E-state index in [1.807, 2.05) is 6.92 Å². The number of aliphatic hydroxyl groups excluding tert-OH is 1. The zero-order chi connectivity index (χ0) is 11.5. The third-order valence-electron chi connectivity index (χ3n) is 3.66. The van der Waals surface area contributed by atoms with E-state index in [4.69, 9.17) is 10.8 Å². The van der Waals surface area contributed by atoms with Crippen LogP contribution in [0.1, 0.15) is 32.6 Å². The van der Waals surface area contributed by atoms with Crippen molar-refractivity contribution in [3.05, 3.63) is 0 Å². The molecule has 90 valence electrons. The van der Waals surface area contributed by atoms with Gasteiger partial charge < -0.3 is 10.8 Å². The molecule has 0 radical (unpaired) electrons. The number of hydrogen-bond donors (Lipinski definition) is 2. The van der Waals surface area contributed by atoms with Crippen molar-refractivity contribution in [3.8, 4) is 0 Å². The predicted molar refractivity (Wildman–Crippen MR) is 60.3 cm³/mol. The molecule has 0 spiro atoms. The molecule has 5 heteroatoms. The quantitative estimate of drug-likeness (QED) is 0.734. The van der Waals surface area contributed by atoms with Crippen molar-refractivity contribution < 1.29 is 13.5 Å². The minimum Gasteiger partial charge on any atom is -0.396 e. The molecule has 0 aromatic heterocycles. The summed E-state index contributed by atoms with van der Waals surface area (Å²) in [6.45, 7) is 2.10. The molecule has 1 saturated heterocycles. The minimum absolute atomic E-state index is 0.000139. The van der Waals surface area contributed by atoms with Crippen LogP contribution in [-0.4, -0.2) is 37.7 Å². The summed E-state index contributed by atoms with van der Waals surface area (Å²) in [7, 11) is -2.85. The summed E-state index contributed by atoms with van der Waals surface area (Å²) >= 11 is 0. The highest BCUT2D eigenvalue weighted by Crippen LogP contribution is 2.39. The average Bonchev–Trinajstić information content (AvgIpc) is 2.21. The number of nitrogens with two attached hydrogens (primary N) is 1. The lowest BCUT2D eigenvalue weighted by atomic mass is 9.72. The van der Waals surface area contributed by atoms with Crippen LogP contribution in [0.5, 0.6) is 0 Å². The third kappa shape index (κ3) is 2.92. The fourth-order valence-electron chi connectivity index (χ4n) is 2.41. The molecule has 0 aromatic rings. The van der Waals surface area contributed by atoms with Crippen molar-refractivity contribution >= 4 is 9.84 Å². The third-order valence-corrected chi connectivity index (χ3v) is 5.31. The van der Waals surface area contributed by atoms with Gasteiger partial charge >= 0.3 is 0 Å². The van der Waals surface area contributed by atoms with Crippen molar-refractivity contribution in [2.45, 2.75) is 38.6 Å².